The number of nitrogens with one attached hydrogen (secondary N) is 1. The Hall–Kier alpha value is -3.79. The van der Waals surface area contributed by atoms with Gasteiger partial charge in [0, 0.05) is 24.2 Å². The summed E-state index contributed by atoms with van der Waals surface area (Å²) < 4.78 is 10.8. The molecular weight excluding hydrogens is 458 g/mol. The monoisotopic (exact) mass is 483 g/mol. The molecule has 1 N–H and O–H groups in total. The number of aromatic nitrogens is 1. The number of nitro groups is 1. The topological polar surface area (TPSA) is 121 Å². The Balaban J connectivity index is 1.61. The summed E-state index contributed by atoms with van der Waals surface area (Å²) in [5, 5.41) is 14.3. The van der Waals surface area contributed by atoms with E-state index in [4.69, 9.17) is 9.47 Å². The molecule has 34 heavy (non-hydrogen) atoms. The number of aryl methyl sites for hydroxylation is 1. The van der Waals surface area contributed by atoms with Crippen LogP contribution in [-0.4, -0.2) is 34.0 Å². The Labute approximate surface area is 200 Å². The molecule has 1 aromatic heterocycles. The van der Waals surface area contributed by atoms with E-state index in [0.717, 1.165) is 5.56 Å². The molecule has 0 atom stereocenters. The molecule has 0 saturated carbocycles. The Morgan fingerprint density at radius 1 is 1.12 bits per heavy atom. The number of nitro benzene ring substituents is 1. The van der Waals surface area contributed by atoms with Crippen molar-refractivity contribution in [3.05, 3.63) is 74.8 Å². The highest BCUT2D eigenvalue weighted by Crippen LogP contribution is 2.29. The van der Waals surface area contributed by atoms with Crippen molar-refractivity contribution in [3.63, 3.8) is 0 Å². The summed E-state index contributed by atoms with van der Waals surface area (Å²) in [4.78, 5) is 40.0. The molecule has 0 aliphatic carbocycles. The van der Waals surface area contributed by atoms with E-state index in [1.807, 2.05) is 0 Å². The number of thiazole rings is 1. The van der Waals surface area contributed by atoms with Gasteiger partial charge in [0.2, 0.25) is 0 Å². The van der Waals surface area contributed by atoms with Crippen molar-refractivity contribution in [1.82, 2.24) is 10.3 Å². The molecule has 3 aromatic rings. The lowest BCUT2D eigenvalue weighted by atomic mass is 10.1. The summed E-state index contributed by atoms with van der Waals surface area (Å²) in [7, 11) is 0. The van der Waals surface area contributed by atoms with Crippen LogP contribution in [0.3, 0.4) is 0 Å². The van der Waals surface area contributed by atoms with E-state index < -0.39 is 16.5 Å². The Kier molecular flexibility index (Phi) is 7.62. The molecule has 1 heterocycles. The minimum Gasteiger partial charge on any atom is -0.476 e. The van der Waals surface area contributed by atoms with Gasteiger partial charge in [0.25, 0.3) is 11.6 Å². The van der Waals surface area contributed by atoms with Gasteiger partial charge in [-0.1, -0.05) is 12.1 Å². The van der Waals surface area contributed by atoms with Gasteiger partial charge in [-0.15, -0.1) is 11.3 Å². The molecule has 0 bridgehead atoms. The first kappa shape index (κ1) is 24.8. The summed E-state index contributed by atoms with van der Waals surface area (Å²) in [5.41, 5.74) is 1.03. The number of esters is 1. The average Bonchev–Trinajstić information content (AvgIpc) is 3.20. The van der Waals surface area contributed by atoms with Crippen LogP contribution in [0, 0.1) is 17.0 Å². The molecule has 0 fully saturated rings. The fourth-order valence-electron chi connectivity index (χ4n) is 3.04. The number of ether oxygens (including phenoxy) is 2. The van der Waals surface area contributed by atoms with E-state index in [1.54, 1.807) is 64.1 Å². The lowest BCUT2D eigenvalue weighted by Gasteiger charge is -2.24. The normalized spacial score (nSPS) is 11.1. The number of carbonyl (C=O) groups excluding carboxylic acids is 2. The third kappa shape index (κ3) is 5.96. The largest absolute Gasteiger partial charge is 0.476 e. The summed E-state index contributed by atoms with van der Waals surface area (Å²) in [5.74, 6) is -0.189. The van der Waals surface area contributed by atoms with Crippen molar-refractivity contribution in [3.8, 4) is 16.3 Å². The van der Waals surface area contributed by atoms with Crippen LogP contribution in [0.5, 0.6) is 5.75 Å². The maximum absolute atomic E-state index is 12.7. The van der Waals surface area contributed by atoms with Crippen molar-refractivity contribution in [1.29, 1.82) is 0 Å². The van der Waals surface area contributed by atoms with Crippen molar-refractivity contribution in [2.45, 2.75) is 39.8 Å². The number of rotatable bonds is 9. The second-order valence-electron chi connectivity index (χ2n) is 7.90. The number of nitrogens with zero attached hydrogens (tertiary/aromatic N) is 2. The van der Waals surface area contributed by atoms with Crippen LogP contribution in [0.1, 0.15) is 41.7 Å². The molecule has 9 nitrogen and oxygen atoms in total. The molecule has 3 rings (SSSR count). The van der Waals surface area contributed by atoms with Gasteiger partial charge in [0.1, 0.15) is 15.6 Å². The zero-order chi connectivity index (χ0) is 24.9. The van der Waals surface area contributed by atoms with Crippen LogP contribution in [0.2, 0.25) is 0 Å². The second kappa shape index (κ2) is 10.4. The molecule has 0 aliphatic heterocycles. The molecule has 0 unspecified atom stereocenters. The lowest BCUT2D eigenvalue weighted by molar-refractivity contribution is -0.384. The Bertz CT molecular complexity index is 1190. The molecule has 0 saturated heterocycles. The highest BCUT2D eigenvalue weighted by atomic mass is 32.1. The van der Waals surface area contributed by atoms with E-state index in [-0.39, 0.29) is 18.2 Å². The number of non-ortho nitro benzene ring substituents is 1. The fourth-order valence-corrected chi connectivity index (χ4v) is 4.02. The number of hydrogen-bond acceptors (Lipinski definition) is 8. The standard InChI is InChI=1S/C24H25N3O6S/c1-5-32-23(29)24(3,4)33-19-12-6-16(7-13-19)14-25-21(28)20-15(2)26-22(34-20)17-8-10-18(11-9-17)27(30)31/h6-13H,5,14H2,1-4H3,(H,25,28). The Morgan fingerprint density at radius 3 is 2.35 bits per heavy atom. The van der Waals surface area contributed by atoms with E-state index in [0.29, 0.717) is 33.4 Å². The van der Waals surface area contributed by atoms with Crippen LogP contribution in [0.25, 0.3) is 10.6 Å². The molecule has 0 radical (unpaired) electrons. The van der Waals surface area contributed by atoms with E-state index >= 15 is 0 Å². The highest BCUT2D eigenvalue weighted by Gasteiger charge is 2.31. The Morgan fingerprint density at radius 2 is 1.76 bits per heavy atom. The van der Waals surface area contributed by atoms with Crippen LogP contribution in [0.4, 0.5) is 5.69 Å². The van der Waals surface area contributed by atoms with Crippen LogP contribution < -0.4 is 10.1 Å². The number of hydrogen-bond donors (Lipinski definition) is 1. The lowest BCUT2D eigenvalue weighted by Crippen LogP contribution is -2.39. The zero-order valence-electron chi connectivity index (χ0n) is 19.3. The number of amides is 1. The van der Waals surface area contributed by atoms with Gasteiger partial charge in [-0.3, -0.25) is 14.9 Å². The summed E-state index contributed by atoms with van der Waals surface area (Å²) in [6, 6.07) is 13.1. The summed E-state index contributed by atoms with van der Waals surface area (Å²) >= 11 is 1.23. The smallest absolute Gasteiger partial charge is 0.349 e. The first-order valence-electron chi connectivity index (χ1n) is 10.6. The first-order chi connectivity index (χ1) is 16.1. The van der Waals surface area contributed by atoms with E-state index in [2.05, 4.69) is 10.3 Å². The molecule has 0 aliphatic rings. The highest BCUT2D eigenvalue weighted by molar-refractivity contribution is 7.17. The van der Waals surface area contributed by atoms with Gasteiger partial charge in [0.15, 0.2) is 5.60 Å². The van der Waals surface area contributed by atoms with Gasteiger partial charge in [-0.2, -0.15) is 0 Å². The van der Waals surface area contributed by atoms with E-state index in [1.165, 1.54) is 23.5 Å². The number of carbonyl (C=O) groups is 2. The predicted molar refractivity (Wildman–Crippen MR) is 128 cm³/mol. The third-order valence-corrected chi connectivity index (χ3v) is 6.05. The molecule has 0 spiro atoms. The third-order valence-electron chi connectivity index (χ3n) is 4.84. The van der Waals surface area contributed by atoms with Gasteiger partial charge in [-0.25, -0.2) is 9.78 Å². The van der Waals surface area contributed by atoms with Crippen molar-refractivity contribution >= 4 is 28.9 Å². The zero-order valence-corrected chi connectivity index (χ0v) is 20.1. The molecule has 2 aromatic carbocycles. The van der Waals surface area contributed by atoms with Crippen molar-refractivity contribution < 1.29 is 24.0 Å². The van der Waals surface area contributed by atoms with Crippen molar-refractivity contribution in [2.24, 2.45) is 0 Å². The second-order valence-corrected chi connectivity index (χ2v) is 8.90. The van der Waals surface area contributed by atoms with Gasteiger partial charge in [-0.05, 0) is 57.5 Å². The summed E-state index contributed by atoms with van der Waals surface area (Å²) in [6.45, 7) is 7.34. The van der Waals surface area contributed by atoms with E-state index in [9.17, 15) is 19.7 Å². The predicted octanol–water partition coefficient (Wildman–Crippen LogP) is 4.68. The quantitative estimate of drug-likeness (QED) is 0.266. The van der Waals surface area contributed by atoms with Crippen LogP contribution in [-0.2, 0) is 16.1 Å². The van der Waals surface area contributed by atoms with Gasteiger partial charge < -0.3 is 14.8 Å². The number of benzene rings is 2. The van der Waals surface area contributed by atoms with Gasteiger partial charge in [0.05, 0.1) is 17.2 Å². The van der Waals surface area contributed by atoms with Crippen LogP contribution >= 0.6 is 11.3 Å². The fraction of sp³-hybridized carbons (Fsp3) is 0.292. The van der Waals surface area contributed by atoms with Crippen LogP contribution in [0.15, 0.2) is 48.5 Å². The minimum atomic E-state index is -1.11. The van der Waals surface area contributed by atoms with Gasteiger partial charge >= 0.3 is 5.97 Å². The molecule has 178 valence electrons. The van der Waals surface area contributed by atoms with Crippen molar-refractivity contribution in [2.75, 3.05) is 6.61 Å². The maximum atomic E-state index is 12.7. The molecular formula is C24H25N3O6S. The first-order valence-corrected chi connectivity index (χ1v) is 11.4. The molecule has 1 amide bonds. The minimum absolute atomic E-state index is 0.00383. The maximum Gasteiger partial charge on any atom is 0.349 e. The average molecular weight is 484 g/mol. The summed E-state index contributed by atoms with van der Waals surface area (Å²) in [6.07, 6.45) is 0. The molecule has 10 heteroatoms. The SMILES string of the molecule is CCOC(=O)C(C)(C)Oc1ccc(CNC(=O)c2sc(-c3ccc([N+](=O)[O-])cc3)nc2C)cc1.